The van der Waals surface area contributed by atoms with E-state index in [-0.39, 0.29) is 11.3 Å². The summed E-state index contributed by atoms with van der Waals surface area (Å²) in [4.78, 5) is 24.1. The molecule has 0 aliphatic carbocycles. The fraction of sp³-hybridized carbons (Fsp3) is 0.222. The Bertz CT molecular complexity index is 1120. The van der Waals surface area contributed by atoms with Crippen LogP contribution in [0.2, 0.25) is 5.02 Å². The number of carboxylic acids is 2. The topological polar surface area (TPSA) is 124 Å². The number of hydrogen-bond donors (Lipinski definition) is 3. The second-order valence-electron chi connectivity index (χ2n) is 6.31. The molecule has 3 rings (SSSR count). The number of halogens is 2. The molecule has 8 nitrogen and oxygen atoms in total. The van der Waals surface area contributed by atoms with Gasteiger partial charge in [0.2, 0.25) is 0 Å². The highest BCUT2D eigenvalue weighted by atomic mass is 35.5. The van der Waals surface area contributed by atoms with Crippen LogP contribution in [-0.4, -0.2) is 55.2 Å². The van der Waals surface area contributed by atoms with Crippen LogP contribution in [-0.2, 0) is 10.0 Å². The van der Waals surface area contributed by atoms with E-state index >= 15 is 0 Å². The predicted octanol–water partition coefficient (Wildman–Crippen LogP) is 3.23. The lowest BCUT2D eigenvalue weighted by molar-refractivity contribution is 0.0683. The molecular formula is C18H16ClFN2O6S2. The molecule has 160 valence electrons. The van der Waals surface area contributed by atoms with Gasteiger partial charge in [0.25, 0.3) is 10.0 Å². The molecule has 0 amide bonds. The average molecular weight is 475 g/mol. The van der Waals surface area contributed by atoms with Gasteiger partial charge in [-0.25, -0.2) is 22.4 Å². The summed E-state index contributed by atoms with van der Waals surface area (Å²) < 4.78 is 41.3. The molecule has 1 saturated heterocycles. The van der Waals surface area contributed by atoms with Crippen molar-refractivity contribution in [1.29, 1.82) is 0 Å². The number of anilines is 2. The number of carboxylic acid groups (broad SMARTS) is 2. The summed E-state index contributed by atoms with van der Waals surface area (Å²) in [6, 6.07) is 5.29. The van der Waals surface area contributed by atoms with Crippen LogP contribution in [0.4, 0.5) is 15.8 Å². The molecule has 2 aromatic carbocycles. The van der Waals surface area contributed by atoms with Crippen LogP contribution in [0, 0.1) is 5.82 Å². The molecule has 0 aromatic heterocycles. The minimum absolute atomic E-state index is 0.0557. The SMILES string of the molecule is O=C(O)c1cc(S(=O)(=O)Nc2ccc(N3CCSCC3)c(C(=O)O)c2)c(Cl)cc1F. The Kier molecular flexibility index (Phi) is 6.44. The van der Waals surface area contributed by atoms with E-state index in [0.29, 0.717) is 30.9 Å². The molecular weight excluding hydrogens is 459 g/mol. The van der Waals surface area contributed by atoms with Gasteiger partial charge in [-0.2, -0.15) is 11.8 Å². The lowest BCUT2D eigenvalue weighted by Gasteiger charge is -2.29. The number of nitrogens with zero attached hydrogens (tertiary/aromatic N) is 1. The van der Waals surface area contributed by atoms with Crippen molar-refractivity contribution < 1.29 is 32.6 Å². The minimum atomic E-state index is -4.42. The number of rotatable bonds is 6. The number of sulfonamides is 1. The lowest BCUT2D eigenvalue weighted by Crippen LogP contribution is -2.33. The van der Waals surface area contributed by atoms with Crippen LogP contribution in [0.3, 0.4) is 0 Å². The predicted molar refractivity (Wildman–Crippen MR) is 112 cm³/mol. The Labute approximate surface area is 180 Å². The molecule has 1 fully saturated rings. The molecule has 0 saturated carbocycles. The molecule has 0 unspecified atom stereocenters. The Morgan fingerprint density at radius 2 is 1.70 bits per heavy atom. The van der Waals surface area contributed by atoms with Gasteiger partial charge in [0.15, 0.2) is 0 Å². The molecule has 1 aliphatic heterocycles. The molecule has 0 radical (unpaired) electrons. The number of nitrogens with one attached hydrogen (secondary N) is 1. The zero-order chi connectivity index (χ0) is 22.1. The normalized spacial score (nSPS) is 14.4. The Balaban J connectivity index is 1.97. The van der Waals surface area contributed by atoms with Crippen LogP contribution >= 0.6 is 23.4 Å². The van der Waals surface area contributed by atoms with E-state index < -0.39 is 43.3 Å². The van der Waals surface area contributed by atoms with E-state index in [9.17, 15) is 27.5 Å². The first kappa shape index (κ1) is 22.2. The van der Waals surface area contributed by atoms with E-state index in [1.54, 1.807) is 11.8 Å². The first-order chi connectivity index (χ1) is 14.1. The smallest absolute Gasteiger partial charge is 0.338 e. The highest BCUT2D eigenvalue weighted by Gasteiger charge is 2.25. The van der Waals surface area contributed by atoms with Gasteiger partial charge in [-0.05, 0) is 30.3 Å². The molecule has 0 atom stereocenters. The van der Waals surface area contributed by atoms with Crippen molar-refractivity contribution >= 4 is 56.7 Å². The molecule has 0 spiro atoms. The second kappa shape index (κ2) is 8.70. The highest BCUT2D eigenvalue weighted by molar-refractivity contribution is 7.99. The van der Waals surface area contributed by atoms with Gasteiger partial charge < -0.3 is 15.1 Å². The summed E-state index contributed by atoms with van der Waals surface area (Å²) in [5.74, 6) is -2.36. The third-order valence-corrected chi connectivity index (χ3v) is 7.16. The summed E-state index contributed by atoms with van der Waals surface area (Å²) in [7, 11) is -4.42. The maximum absolute atomic E-state index is 13.7. The average Bonchev–Trinajstić information content (AvgIpc) is 2.67. The molecule has 12 heteroatoms. The number of carbonyl (C=O) groups is 2. The van der Waals surface area contributed by atoms with E-state index in [2.05, 4.69) is 4.72 Å². The van der Waals surface area contributed by atoms with Crippen molar-refractivity contribution in [2.24, 2.45) is 0 Å². The monoisotopic (exact) mass is 474 g/mol. The third kappa shape index (κ3) is 4.63. The quantitative estimate of drug-likeness (QED) is 0.583. The van der Waals surface area contributed by atoms with Gasteiger partial charge in [0.1, 0.15) is 10.7 Å². The van der Waals surface area contributed by atoms with Gasteiger partial charge in [0.05, 0.1) is 21.8 Å². The summed E-state index contributed by atoms with van der Waals surface area (Å²) >= 11 is 7.57. The summed E-state index contributed by atoms with van der Waals surface area (Å²) in [5, 5.41) is 18.1. The number of benzene rings is 2. The summed E-state index contributed by atoms with van der Waals surface area (Å²) in [6.07, 6.45) is 0. The maximum Gasteiger partial charge on any atom is 0.338 e. The van der Waals surface area contributed by atoms with Crippen molar-refractivity contribution in [3.63, 3.8) is 0 Å². The minimum Gasteiger partial charge on any atom is -0.478 e. The van der Waals surface area contributed by atoms with E-state index in [1.165, 1.54) is 18.2 Å². The molecule has 1 heterocycles. The van der Waals surface area contributed by atoms with Gasteiger partial charge in [0, 0.05) is 30.3 Å². The Morgan fingerprint density at radius 3 is 2.30 bits per heavy atom. The number of aromatic carboxylic acids is 2. The molecule has 0 bridgehead atoms. The standard InChI is InChI=1S/C18H16ClFN2O6S2/c19-13-9-14(20)11(17(23)24)8-16(13)30(27,28)21-10-1-2-15(12(7-10)18(25)26)22-3-5-29-6-4-22/h1-2,7-9,21H,3-6H2,(H,23,24)(H,25,26). The highest BCUT2D eigenvalue weighted by Crippen LogP contribution is 2.30. The first-order valence-electron chi connectivity index (χ1n) is 8.55. The maximum atomic E-state index is 13.7. The van der Waals surface area contributed by atoms with Gasteiger partial charge in [-0.1, -0.05) is 11.6 Å². The van der Waals surface area contributed by atoms with Crippen molar-refractivity contribution in [2.45, 2.75) is 4.90 Å². The zero-order valence-electron chi connectivity index (χ0n) is 15.3. The largest absolute Gasteiger partial charge is 0.478 e. The summed E-state index contributed by atoms with van der Waals surface area (Å²) in [5.41, 5.74) is -0.527. The fourth-order valence-corrected chi connectivity index (χ4v) is 5.45. The van der Waals surface area contributed by atoms with Crippen molar-refractivity contribution in [3.8, 4) is 0 Å². The first-order valence-corrected chi connectivity index (χ1v) is 11.6. The molecule has 1 aliphatic rings. The van der Waals surface area contributed by atoms with Crippen molar-refractivity contribution in [1.82, 2.24) is 0 Å². The summed E-state index contributed by atoms with van der Waals surface area (Å²) in [6.45, 7) is 1.33. The van der Waals surface area contributed by atoms with Gasteiger partial charge >= 0.3 is 11.9 Å². The Hall–Kier alpha value is -2.50. The van der Waals surface area contributed by atoms with Crippen molar-refractivity contribution in [2.75, 3.05) is 34.2 Å². The molecule has 2 aromatic rings. The van der Waals surface area contributed by atoms with E-state index in [4.69, 9.17) is 16.7 Å². The van der Waals surface area contributed by atoms with Gasteiger partial charge in [-0.15, -0.1) is 0 Å². The third-order valence-electron chi connectivity index (χ3n) is 4.37. The zero-order valence-corrected chi connectivity index (χ0v) is 17.7. The van der Waals surface area contributed by atoms with Crippen LogP contribution in [0.15, 0.2) is 35.2 Å². The molecule has 3 N–H and O–H groups in total. The molecule has 30 heavy (non-hydrogen) atoms. The van der Waals surface area contributed by atoms with Gasteiger partial charge in [-0.3, -0.25) is 4.72 Å². The number of hydrogen-bond acceptors (Lipinski definition) is 6. The van der Waals surface area contributed by atoms with Crippen LogP contribution < -0.4 is 9.62 Å². The van der Waals surface area contributed by atoms with Crippen LogP contribution in [0.5, 0.6) is 0 Å². The van der Waals surface area contributed by atoms with Crippen molar-refractivity contribution in [3.05, 3.63) is 52.3 Å². The van der Waals surface area contributed by atoms with E-state index in [1.807, 2.05) is 4.90 Å². The lowest BCUT2D eigenvalue weighted by atomic mass is 10.1. The Morgan fingerprint density at radius 1 is 1.07 bits per heavy atom. The fourth-order valence-electron chi connectivity index (χ4n) is 2.96. The second-order valence-corrected chi connectivity index (χ2v) is 9.59. The van der Waals surface area contributed by atoms with E-state index in [0.717, 1.165) is 11.5 Å². The number of thioether (sulfide) groups is 1. The van der Waals surface area contributed by atoms with Crippen LogP contribution in [0.25, 0.3) is 0 Å². The van der Waals surface area contributed by atoms with Crippen LogP contribution in [0.1, 0.15) is 20.7 Å².